The number of carbonyl (C=O) groups excluding carboxylic acids is 1. The van der Waals surface area contributed by atoms with E-state index in [-0.39, 0.29) is 0 Å². The predicted octanol–water partition coefficient (Wildman–Crippen LogP) is 0.785. The zero-order valence-corrected chi connectivity index (χ0v) is 15.7. The second-order valence-corrected chi connectivity index (χ2v) is 6.96. The summed E-state index contributed by atoms with van der Waals surface area (Å²) in [5.74, 6) is 2.78. The minimum Gasteiger partial charge on any atom is -0.353 e. The summed E-state index contributed by atoms with van der Waals surface area (Å²) >= 11 is 0. The summed E-state index contributed by atoms with van der Waals surface area (Å²) in [6.45, 7) is 8.67. The molecule has 4 rings (SSSR count). The van der Waals surface area contributed by atoms with Crippen LogP contribution in [-0.2, 0) is 4.79 Å². The number of amides is 1. The maximum absolute atomic E-state index is 10.9. The molecule has 0 aliphatic carbocycles. The van der Waals surface area contributed by atoms with Crippen molar-refractivity contribution in [3.63, 3.8) is 0 Å². The summed E-state index contributed by atoms with van der Waals surface area (Å²) in [5.41, 5.74) is 0.972. The van der Waals surface area contributed by atoms with Crippen molar-refractivity contribution in [1.82, 2.24) is 19.9 Å². The first-order chi connectivity index (χ1) is 13.2. The first-order valence-corrected chi connectivity index (χ1v) is 9.44. The van der Waals surface area contributed by atoms with Crippen molar-refractivity contribution < 1.29 is 4.79 Å². The van der Waals surface area contributed by atoms with Gasteiger partial charge in [0.05, 0.1) is 0 Å². The van der Waals surface area contributed by atoms with Crippen LogP contribution in [0.15, 0.2) is 30.5 Å². The van der Waals surface area contributed by atoms with E-state index in [9.17, 15) is 4.79 Å². The molecule has 0 bridgehead atoms. The Morgan fingerprint density at radius 1 is 0.852 bits per heavy atom. The lowest BCUT2D eigenvalue weighted by Gasteiger charge is -2.37. The van der Waals surface area contributed by atoms with Crippen LogP contribution in [0, 0.1) is 6.92 Å². The summed E-state index contributed by atoms with van der Waals surface area (Å²) in [6, 6.07) is 8.09. The molecule has 2 aromatic heterocycles. The lowest BCUT2D eigenvalue weighted by Crippen LogP contribution is -2.48. The van der Waals surface area contributed by atoms with Crippen molar-refractivity contribution in [2.75, 3.05) is 67.1 Å². The number of nitrogens with zero attached hydrogens (tertiary/aromatic N) is 7. The van der Waals surface area contributed by atoms with Gasteiger partial charge in [0.25, 0.3) is 0 Å². The number of hydrogen-bond acceptors (Lipinski definition) is 7. The largest absolute Gasteiger partial charge is 0.353 e. The maximum atomic E-state index is 10.9. The molecule has 0 aromatic carbocycles. The highest BCUT2D eigenvalue weighted by Gasteiger charge is 2.22. The topological polar surface area (TPSA) is 68.7 Å². The second-order valence-electron chi connectivity index (χ2n) is 6.96. The first kappa shape index (κ1) is 17.5. The van der Waals surface area contributed by atoms with Gasteiger partial charge in [0.2, 0.25) is 12.4 Å². The van der Waals surface area contributed by atoms with Gasteiger partial charge in [-0.1, -0.05) is 6.07 Å². The molecule has 2 aromatic rings. The van der Waals surface area contributed by atoms with Crippen LogP contribution in [-0.4, -0.2) is 78.6 Å². The van der Waals surface area contributed by atoms with Crippen LogP contribution in [0.1, 0.15) is 5.69 Å². The van der Waals surface area contributed by atoms with E-state index in [0.717, 1.165) is 82.0 Å². The van der Waals surface area contributed by atoms with E-state index in [1.165, 1.54) is 0 Å². The zero-order valence-electron chi connectivity index (χ0n) is 15.7. The lowest BCUT2D eigenvalue weighted by molar-refractivity contribution is -0.118. The Hall–Kier alpha value is -2.90. The fourth-order valence-corrected chi connectivity index (χ4v) is 3.57. The number of pyridine rings is 1. The van der Waals surface area contributed by atoms with Crippen molar-refractivity contribution in [2.24, 2.45) is 0 Å². The SMILES string of the molecule is Cc1cc(N2CCN(c3ccccn3)CC2)nc(N2CCN(C=O)CC2)n1. The summed E-state index contributed by atoms with van der Waals surface area (Å²) in [5, 5.41) is 0. The van der Waals surface area contributed by atoms with Crippen molar-refractivity contribution in [2.45, 2.75) is 6.92 Å². The Kier molecular flexibility index (Phi) is 5.04. The van der Waals surface area contributed by atoms with Gasteiger partial charge in [-0.2, -0.15) is 4.98 Å². The van der Waals surface area contributed by atoms with Gasteiger partial charge in [-0.3, -0.25) is 4.79 Å². The van der Waals surface area contributed by atoms with Crippen molar-refractivity contribution in [3.8, 4) is 0 Å². The molecule has 2 aliphatic heterocycles. The fourth-order valence-electron chi connectivity index (χ4n) is 3.57. The number of carbonyl (C=O) groups is 1. The highest BCUT2D eigenvalue weighted by atomic mass is 16.1. The van der Waals surface area contributed by atoms with Crippen LogP contribution in [0.2, 0.25) is 0 Å². The van der Waals surface area contributed by atoms with Crippen LogP contribution >= 0.6 is 0 Å². The Balaban J connectivity index is 1.44. The summed E-state index contributed by atoms with van der Waals surface area (Å²) < 4.78 is 0. The Bertz CT molecular complexity index is 769. The number of hydrogen-bond donors (Lipinski definition) is 0. The Morgan fingerprint density at radius 2 is 1.52 bits per heavy atom. The molecule has 0 saturated carbocycles. The van der Waals surface area contributed by atoms with Crippen LogP contribution in [0.3, 0.4) is 0 Å². The monoisotopic (exact) mass is 367 g/mol. The van der Waals surface area contributed by atoms with E-state index in [1.54, 1.807) is 4.90 Å². The minimum absolute atomic E-state index is 0.721. The highest BCUT2D eigenvalue weighted by molar-refractivity contribution is 5.50. The average molecular weight is 367 g/mol. The number of aryl methyl sites for hydroxylation is 1. The third-order valence-corrected chi connectivity index (χ3v) is 5.15. The fraction of sp³-hybridized carbons (Fsp3) is 0.474. The normalized spacial score (nSPS) is 18.0. The van der Waals surface area contributed by atoms with Gasteiger partial charge in [0.1, 0.15) is 11.6 Å². The summed E-state index contributed by atoms with van der Waals surface area (Å²) in [7, 11) is 0. The van der Waals surface area contributed by atoms with Gasteiger partial charge in [0, 0.05) is 70.3 Å². The number of piperazine rings is 2. The number of aromatic nitrogens is 3. The van der Waals surface area contributed by atoms with E-state index < -0.39 is 0 Å². The molecule has 142 valence electrons. The number of anilines is 3. The molecule has 8 nitrogen and oxygen atoms in total. The standard InChI is InChI=1S/C19H25N7O/c1-16-14-18(22-19(21-16)26-8-6-23(15-27)7-9-26)25-12-10-24(11-13-25)17-4-2-3-5-20-17/h2-5,14-15H,6-13H2,1H3. The van der Waals surface area contributed by atoms with Crippen molar-refractivity contribution >= 4 is 24.0 Å². The molecule has 4 heterocycles. The molecule has 0 spiro atoms. The van der Waals surface area contributed by atoms with Gasteiger partial charge in [-0.25, -0.2) is 9.97 Å². The van der Waals surface area contributed by atoms with E-state index >= 15 is 0 Å². The maximum Gasteiger partial charge on any atom is 0.227 e. The van der Waals surface area contributed by atoms with Gasteiger partial charge < -0.3 is 19.6 Å². The molecule has 0 N–H and O–H groups in total. The number of rotatable bonds is 4. The van der Waals surface area contributed by atoms with Crippen molar-refractivity contribution in [3.05, 3.63) is 36.2 Å². The van der Waals surface area contributed by atoms with Gasteiger partial charge in [-0.05, 0) is 19.1 Å². The molecule has 0 atom stereocenters. The van der Waals surface area contributed by atoms with E-state index in [0.29, 0.717) is 0 Å². The molecule has 2 aliphatic rings. The first-order valence-electron chi connectivity index (χ1n) is 9.44. The van der Waals surface area contributed by atoms with Crippen LogP contribution < -0.4 is 14.7 Å². The second kappa shape index (κ2) is 7.77. The van der Waals surface area contributed by atoms with Gasteiger partial charge in [-0.15, -0.1) is 0 Å². The molecule has 27 heavy (non-hydrogen) atoms. The van der Waals surface area contributed by atoms with Crippen molar-refractivity contribution in [1.29, 1.82) is 0 Å². The predicted molar refractivity (Wildman–Crippen MR) is 105 cm³/mol. The van der Waals surface area contributed by atoms with E-state index in [4.69, 9.17) is 4.98 Å². The molecule has 2 saturated heterocycles. The van der Waals surface area contributed by atoms with E-state index in [2.05, 4.69) is 36.8 Å². The van der Waals surface area contributed by atoms with Gasteiger partial charge >= 0.3 is 0 Å². The van der Waals surface area contributed by atoms with Gasteiger partial charge in [0.15, 0.2) is 0 Å². The summed E-state index contributed by atoms with van der Waals surface area (Å²) in [4.78, 5) is 33.4. The summed E-state index contributed by atoms with van der Waals surface area (Å²) in [6.07, 6.45) is 2.76. The quantitative estimate of drug-likeness (QED) is 0.740. The van der Waals surface area contributed by atoms with Crippen LogP contribution in [0.4, 0.5) is 17.6 Å². The molecular weight excluding hydrogens is 342 g/mol. The third kappa shape index (κ3) is 3.94. The highest BCUT2D eigenvalue weighted by Crippen LogP contribution is 2.21. The van der Waals surface area contributed by atoms with Crippen LogP contribution in [0.25, 0.3) is 0 Å². The molecule has 0 radical (unpaired) electrons. The molecule has 2 fully saturated rings. The minimum atomic E-state index is 0.721. The Morgan fingerprint density at radius 3 is 2.15 bits per heavy atom. The third-order valence-electron chi connectivity index (χ3n) is 5.15. The lowest BCUT2D eigenvalue weighted by atomic mass is 10.3. The molecular formula is C19H25N7O. The molecule has 1 amide bonds. The molecule has 8 heteroatoms. The van der Waals surface area contributed by atoms with E-state index in [1.807, 2.05) is 25.3 Å². The van der Waals surface area contributed by atoms with Crippen LogP contribution in [0.5, 0.6) is 0 Å². The smallest absolute Gasteiger partial charge is 0.227 e. The Labute approximate surface area is 159 Å². The zero-order chi connectivity index (χ0) is 18.6. The molecule has 0 unspecified atom stereocenters. The average Bonchev–Trinajstić information content (AvgIpc) is 2.74.